The van der Waals surface area contributed by atoms with Gasteiger partial charge in [-0.15, -0.1) is 0 Å². The average molecular weight is 306 g/mol. The van der Waals surface area contributed by atoms with E-state index in [2.05, 4.69) is 0 Å². The lowest BCUT2D eigenvalue weighted by Gasteiger charge is -2.41. The van der Waals surface area contributed by atoms with E-state index in [1.807, 2.05) is 51.1 Å². The van der Waals surface area contributed by atoms with Gasteiger partial charge in [-0.05, 0) is 39.2 Å². The zero-order chi connectivity index (χ0) is 16.3. The minimum absolute atomic E-state index is 0.0361. The summed E-state index contributed by atoms with van der Waals surface area (Å²) >= 11 is 0. The quantitative estimate of drug-likeness (QED) is 0.824. The van der Waals surface area contributed by atoms with Crippen LogP contribution in [0.5, 0.6) is 0 Å². The second kappa shape index (κ2) is 6.67. The molecule has 1 aromatic rings. The zero-order valence-corrected chi connectivity index (χ0v) is 13.5. The van der Waals surface area contributed by atoms with Crippen molar-refractivity contribution < 1.29 is 14.6 Å². The fourth-order valence-corrected chi connectivity index (χ4v) is 2.82. The number of likely N-dealkylation sites (tertiary alicyclic amines) is 1. The lowest BCUT2D eigenvalue weighted by atomic mass is 9.88. The molecule has 5 nitrogen and oxygen atoms in total. The highest BCUT2D eigenvalue weighted by Crippen LogP contribution is 2.35. The van der Waals surface area contributed by atoms with Gasteiger partial charge in [-0.25, -0.2) is 4.79 Å². The number of nitrogens with two attached hydrogens (primary N) is 1. The number of piperidine rings is 1. The molecule has 0 aromatic heterocycles. The summed E-state index contributed by atoms with van der Waals surface area (Å²) in [5.74, 6) is -0.118. The molecule has 1 amide bonds. The van der Waals surface area contributed by atoms with Crippen LogP contribution in [0.15, 0.2) is 30.3 Å². The number of aliphatic hydroxyl groups excluding tert-OH is 1. The fourth-order valence-electron chi connectivity index (χ4n) is 2.82. The highest BCUT2D eigenvalue weighted by molar-refractivity contribution is 5.69. The molecule has 0 spiro atoms. The van der Waals surface area contributed by atoms with Gasteiger partial charge in [0.05, 0.1) is 6.04 Å². The molecule has 1 aliphatic rings. The number of carbonyl (C=O) groups is 1. The molecule has 0 aliphatic carbocycles. The van der Waals surface area contributed by atoms with Crippen LogP contribution in [0.2, 0.25) is 0 Å². The van der Waals surface area contributed by atoms with E-state index in [-0.39, 0.29) is 18.1 Å². The van der Waals surface area contributed by atoms with Crippen LogP contribution in [0.1, 0.15) is 45.2 Å². The van der Waals surface area contributed by atoms with Crippen molar-refractivity contribution in [3.8, 4) is 0 Å². The Kier molecular flexibility index (Phi) is 5.08. The van der Waals surface area contributed by atoms with Crippen LogP contribution in [-0.2, 0) is 4.74 Å². The number of hydrogen-bond donors (Lipinski definition) is 2. The topological polar surface area (TPSA) is 75.8 Å². The van der Waals surface area contributed by atoms with Gasteiger partial charge in [0.25, 0.3) is 0 Å². The number of carbonyl (C=O) groups excluding carboxylic acids is 1. The number of aliphatic hydroxyl groups is 1. The first-order valence-corrected chi connectivity index (χ1v) is 7.76. The lowest BCUT2D eigenvalue weighted by molar-refractivity contribution is -0.0129. The second-order valence-electron chi connectivity index (χ2n) is 6.89. The summed E-state index contributed by atoms with van der Waals surface area (Å²) in [5, 5.41) is 9.67. The summed E-state index contributed by atoms with van der Waals surface area (Å²) in [7, 11) is 0. The van der Waals surface area contributed by atoms with Crippen LogP contribution >= 0.6 is 0 Å². The predicted molar refractivity (Wildman–Crippen MR) is 85.0 cm³/mol. The Hall–Kier alpha value is -1.59. The first-order valence-electron chi connectivity index (χ1n) is 7.76. The molecule has 1 aliphatic heterocycles. The number of nitrogens with zero attached hydrogens (tertiary/aromatic N) is 1. The molecule has 122 valence electrons. The molecule has 1 fully saturated rings. The highest BCUT2D eigenvalue weighted by atomic mass is 16.6. The first-order chi connectivity index (χ1) is 10.3. The predicted octanol–water partition coefficient (Wildman–Crippen LogP) is 2.65. The SMILES string of the molecule is CC(C)(C)OC(=O)N1CC(C(N)O)CCC1c1ccccc1. The Labute approximate surface area is 132 Å². The molecule has 2 rings (SSSR count). The number of hydrogen-bond acceptors (Lipinski definition) is 4. The zero-order valence-electron chi connectivity index (χ0n) is 13.5. The van der Waals surface area contributed by atoms with E-state index in [9.17, 15) is 9.90 Å². The largest absolute Gasteiger partial charge is 0.444 e. The number of amides is 1. The molecule has 1 aromatic carbocycles. The summed E-state index contributed by atoms with van der Waals surface area (Å²) in [6.07, 6.45) is 0.284. The van der Waals surface area contributed by atoms with Crippen LogP contribution in [0, 0.1) is 5.92 Å². The van der Waals surface area contributed by atoms with Crippen LogP contribution in [0.25, 0.3) is 0 Å². The van der Waals surface area contributed by atoms with E-state index in [0.717, 1.165) is 18.4 Å². The van der Waals surface area contributed by atoms with Gasteiger partial charge >= 0.3 is 6.09 Å². The maximum Gasteiger partial charge on any atom is 0.410 e. The van der Waals surface area contributed by atoms with Crippen molar-refractivity contribution >= 4 is 6.09 Å². The molecule has 0 bridgehead atoms. The molecule has 1 heterocycles. The maximum absolute atomic E-state index is 12.5. The van der Waals surface area contributed by atoms with Gasteiger partial charge in [0, 0.05) is 12.5 Å². The highest BCUT2D eigenvalue weighted by Gasteiger charge is 2.36. The Balaban J connectivity index is 2.22. The maximum atomic E-state index is 12.5. The summed E-state index contributed by atoms with van der Waals surface area (Å²) in [6.45, 7) is 5.96. The summed E-state index contributed by atoms with van der Waals surface area (Å²) in [6, 6.07) is 9.88. The van der Waals surface area contributed by atoms with Crippen molar-refractivity contribution in [2.45, 2.75) is 51.5 Å². The van der Waals surface area contributed by atoms with E-state index < -0.39 is 11.8 Å². The monoisotopic (exact) mass is 306 g/mol. The standard InChI is InChI=1S/C17H26N2O3/c1-17(2,3)22-16(21)19-11-13(15(18)20)9-10-14(19)12-7-5-4-6-8-12/h4-8,13-15,20H,9-11,18H2,1-3H3. The van der Waals surface area contributed by atoms with Crippen LogP contribution in [0.4, 0.5) is 4.79 Å². The Morgan fingerprint density at radius 1 is 1.32 bits per heavy atom. The van der Waals surface area contributed by atoms with Crippen LogP contribution < -0.4 is 5.73 Å². The lowest BCUT2D eigenvalue weighted by Crippen LogP contribution is -2.48. The molecule has 3 N–H and O–H groups in total. The van der Waals surface area contributed by atoms with Crippen molar-refractivity contribution in [1.82, 2.24) is 4.90 Å². The van der Waals surface area contributed by atoms with Gasteiger partial charge in [-0.2, -0.15) is 0 Å². The molecule has 3 atom stereocenters. The van der Waals surface area contributed by atoms with E-state index >= 15 is 0 Å². The van der Waals surface area contributed by atoms with Gasteiger partial charge in [0.1, 0.15) is 11.8 Å². The van der Waals surface area contributed by atoms with E-state index in [1.165, 1.54) is 0 Å². The molecular formula is C17H26N2O3. The third-order valence-electron chi connectivity index (χ3n) is 3.91. The smallest absolute Gasteiger partial charge is 0.410 e. The van der Waals surface area contributed by atoms with E-state index in [1.54, 1.807) is 4.90 Å². The second-order valence-corrected chi connectivity index (χ2v) is 6.89. The molecule has 1 saturated heterocycles. The minimum Gasteiger partial charge on any atom is -0.444 e. The van der Waals surface area contributed by atoms with Crippen molar-refractivity contribution in [2.75, 3.05) is 6.54 Å². The minimum atomic E-state index is -0.915. The molecule has 3 unspecified atom stereocenters. The number of benzene rings is 1. The van der Waals surface area contributed by atoms with Crippen molar-refractivity contribution in [2.24, 2.45) is 11.7 Å². The van der Waals surface area contributed by atoms with Crippen LogP contribution in [-0.4, -0.2) is 34.5 Å². The Morgan fingerprint density at radius 3 is 2.50 bits per heavy atom. The first kappa shape index (κ1) is 16.8. The van der Waals surface area contributed by atoms with Gasteiger partial charge in [-0.3, -0.25) is 0 Å². The molecule has 0 saturated carbocycles. The third kappa shape index (κ3) is 4.21. The van der Waals surface area contributed by atoms with Crippen molar-refractivity contribution in [1.29, 1.82) is 0 Å². The van der Waals surface area contributed by atoms with E-state index in [4.69, 9.17) is 10.5 Å². The fraction of sp³-hybridized carbons (Fsp3) is 0.588. The molecule has 5 heteroatoms. The average Bonchev–Trinajstić information content (AvgIpc) is 2.45. The van der Waals surface area contributed by atoms with Crippen molar-refractivity contribution in [3.05, 3.63) is 35.9 Å². The van der Waals surface area contributed by atoms with Gasteiger partial charge < -0.3 is 20.5 Å². The third-order valence-corrected chi connectivity index (χ3v) is 3.91. The number of ether oxygens (including phenoxy) is 1. The van der Waals surface area contributed by atoms with Gasteiger partial charge in [-0.1, -0.05) is 30.3 Å². The summed E-state index contributed by atoms with van der Waals surface area (Å²) in [4.78, 5) is 14.2. The summed E-state index contributed by atoms with van der Waals surface area (Å²) in [5.41, 5.74) is 6.15. The Morgan fingerprint density at radius 2 is 1.95 bits per heavy atom. The van der Waals surface area contributed by atoms with Crippen molar-refractivity contribution in [3.63, 3.8) is 0 Å². The molecule has 0 radical (unpaired) electrons. The normalized spacial score (nSPS) is 24.0. The molecule has 22 heavy (non-hydrogen) atoms. The summed E-state index contributed by atoms with van der Waals surface area (Å²) < 4.78 is 5.52. The Bertz CT molecular complexity index is 496. The molecular weight excluding hydrogens is 280 g/mol. The number of rotatable bonds is 2. The van der Waals surface area contributed by atoms with E-state index in [0.29, 0.717) is 6.54 Å². The van der Waals surface area contributed by atoms with Crippen LogP contribution in [0.3, 0.4) is 0 Å². The van der Waals surface area contributed by atoms with Gasteiger partial charge in [0.15, 0.2) is 0 Å². The van der Waals surface area contributed by atoms with Gasteiger partial charge in [0.2, 0.25) is 0 Å².